The summed E-state index contributed by atoms with van der Waals surface area (Å²) in [6.07, 6.45) is 1.69. The van der Waals surface area contributed by atoms with E-state index < -0.39 is 23.7 Å². The number of benzene rings is 2. The van der Waals surface area contributed by atoms with Gasteiger partial charge in [0.2, 0.25) is 5.72 Å². The number of carbonyl (C=O) groups excluding carboxylic acids is 1. The Morgan fingerprint density at radius 1 is 1.27 bits per heavy atom. The van der Waals surface area contributed by atoms with Gasteiger partial charge in [0.1, 0.15) is 17.5 Å². The molecule has 0 spiro atoms. The predicted molar refractivity (Wildman–Crippen MR) is 108 cm³/mol. The summed E-state index contributed by atoms with van der Waals surface area (Å²) < 4.78 is 26.4. The molecule has 0 fully saturated rings. The topological polar surface area (TPSA) is 69.9 Å². The predicted octanol–water partition coefficient (Wildman–Crippen LogP) is 2.00. The van der Waals surface area contributed by atoms with Gasteiger partial charge in [0, 0.05) is 5.56 Å². The molecule has 3 aromatic rings. The van der Waals surface area contributed by atoms with Gasteiger partial charge in [-0.2, -0.15) is 0 Å². The Morgan fingerprint density at radius 3 is 2.73 bits per heavy atom. The number of rotatable bonds is 2. The fourth-order valence-corrected chi connectivity index (χ4v) is 5.24. The standard InChI is InChI=1S/C22H17FN2O4S/c1-22-17(20(27)28-2)18(14-5-3-4-6-15(14)29-22)25-19(26)16(30-21(25)24-22)11-12-7-9-13(23)10-8-12/h3-11,17-18H,1-2H3. The third-order valence-corrected chi connectivity index (χ3v) is 6.49. The van der Waals surface area contributed by atoms with E-state index in [1.807, 2.05) is 18.2 Å². The van der Waals surface area contributed by atoms with Crippen molar-refractivity contribution in [3.8, 4) is 5.75 Å². The highest BCUT2D eigenvalue weighted by Gasteiger charge is 2.55. The summed E-state index contributed by atoms with van der Waals surface area (Å²) in [5.74, 6) is -1.06. The Hall–Kier alpha value is -3.26. The maximum absolute atomic E-state index is 13.4. The SMILES string of the molecule is COC(=O)C1C2c3ccccc3OC1(C)N=c1sc(=Cc3ccc(F)cc3)c(=O)n12. The molecule has 3 atom stereocenters. The van der Waals surface area contributed by atoms with Crippen LogP contribution in [0, 0.1) is 11.7 Å². The van der Waals surface area contributed by atoms with Gasteiger partial charge in [-0.1, -0.05) is 41.7 Å². The lowest BCUT2D eigenvalue weighted by Crippen LogP contribution is -2.58. The van der Waals surface area contributed by atoms with Crippen molar-refractivity contribution in [2.45, 2.75) is 18.7 Å². The van der Waals surface area contributed by atoms with E-state index in [1.54, 1.807) is 35.8 Å². The molecule has 2 bridgehead atoms. The fraction of sp³-hybridized carbons (Fsp3) is 0.227. The van der Waals surface area contributed by atoms with Crippen molar-refractivity contribution in [3.05, 3.63) is 85.2 Å². The third-order valence-electron chi connectivity index (χ3n) is 5.50. The molecule has 152 valence electrons. The maximum atomic E-state index is 13.4. The molecular weight excluding hydrogens is 407 g/mol. The van der Waals surface area contributed by atoms with Crippen LogP contribution in [0.1, 0.15) is 24.1 Å². The van der Waals surface area contributed by atoms with Crippen molar-refractivity contribution >= 4 is 23.4 Å². The first-order valence-electron chi connectivity index (χ1n) is 9.35. The van der Waals surface area contributed by atoms with Crippen LogP contribution < -0.4 is 19.6 Å². The second-order valence-corrected chi connectivity index (χ2v) is 8.38. The van der Waals surface area contributed by atoms with Crippen molar-refractivity contribution in [2.75, 3.05) is 7.11 Å². The average molecular weight is 424 g/mol. The normalized spacial score (nSPS) is 24.3. The van der Waals surface area contributed by atoms with Crippen molar-refractivity contribution in [2.24, 2.45) is 10.9 Å². The highest BCUT2D eigenvalue weighted by molar-refractivity contribution is 7.07. The van der Waals surface area contributed by atoms with Crippen molar-refractivity contribution in [1.82, 2.24) is 4.57 Å². The number of aromatic nitrogens is 1. The number of hydrogen-bond donors (Lipinski definition) is 0. The lowest BCUT2D eigenvalue weighted by Gasteiger charge is -2.44. The van der Waals surface area contributed by atoms with Crippen LogP contribution in [0.5, 0.6) is 5.75 Å². The molecule has 30 heavy (non-hydrogen) atoms. The second-order valence-electron chi connectivity index (χ2n) is 7.37. The van der Waals surface area contributed by atoms with Gasteiger partial charge < -0.3 is 9.47 Å². The zero-order valence-corrected chi connectivity index (χ0v) is 17.0. The Kier molecular flexibility index (Phi) is 4.14. The van der Waals surface area contributed by atoms with Crippen molar-refractivity contribution in [3.63, 3.8) is 0 Å². The number of para-hydroxylation sites is 1. The summed E-state index contributed by atoms with van der Waals surface area (Å²) >= 11 is 1.21. The van der Waals surface area contributed by atoms with Crippen LogP contribution in [-0.4, -0.2) is 23.4 Å². The molecule has 0 saturated heterocycles. The zero-order valence-electron chi connectivity index (χ0n) is 16.2. The van der Waals surface area contributed by atoms with E-state index in [0.717, 1.165) is 5.56 Å². The third kappa shape index (κ3) is 2.71. The molecule has 2 aliphatic heterocycles. The quantitative estimate of drug-likeness (QED) is 0.590. The number of halogens is 1. The zero-order chi connectivity index (χ0) is 21.0. The molecule has 5 rings (SSSR count). The van der Waals surface area contributed by atoms with E-state index in [-0.39, 0.29) is 11.4 Å². The summed E-state index contributed by atoms with van der Waals surface area (Å²) in [4.78, 5) is 31.2. The molecule has 2 aromatic carbocycles. The number of nitrogens with zero attached hydrogens (tertiary/aromatic N) is 2. The molecule has 6 nitrogen and oxygen atoms in total. The van der Waals surface area contributed by atoms with E-state index in [4.69, 9.17) is 9.47 Å². The molecule has 3 unspecified atom stereocenters. The molecule has 3 heterocycles. The number of hydrogen-bond acceptors (Lipinski definition) is 6. The van der Waals surface area contributed by atoms with Gasteiger partial charge in [0.15, 0.2) is 4.80 Å². The minimum atomic E-state index is -1.20. The molecule has 0 N–H and O–H groups in total. The van der Waals surface area contributed by atoms with E-state index >= 15 is 0 Å². The van der Waals surface area contributed by atoms with Crippen LogP contribution >= 0.6 is 11.3 Å². The van der Waals surface area contributed by atoms with Crippen LogP contribution in [0.2, 0.25) is 0 Å². The van der Waals surface area contributed by atoms with Gasteiger partial charge in [-0.05, 0) is 36.8 Å². The van der Waals surface area contributed by atoms with E-state index in [0.29, 0.717) is 20.6 Å². The van der Waals surface area contributed by atoms with Crippen molar-refractivity contribution in [1.29, 1.82) is 0 Å². The summed E-state index contributed by atoms with van der Waals surface area (Å²) in [7, 11) is 1.31. The average Bonchev–Trinajstić information content (AvgIpc) is 3.02. The first kappa shape index (κ1) is 18.7. The monoisotopic (exact) mass is 424 g/mol. The van der Waals surface area contributed by atoms with Crippen LogP contribution in [-0.2, 0) is 9.53 Å². The lowest BCUT2D eigenvalue weighted by molar-refractivity contribution is -0.158. The molecule has 0 amide bonds. The van der Waals surface area contributed by atoms with Crippen LogP contribution in [0.3, 0.4) is 0 Å². The van der Waals surface area contributed by atoms with Crippen LogP contribution in [0.4, 0.5) is 4.39 Å². The fourth-order valence-electron chi connectivity index (χ4n) is 4.14. The molecule has 0 aliphatic carbocycles. The van der Waals surface area contributed by atoms with E-state index in [9.17, 15) is 14.0 Å². The largest absolute Gasteiger partial charge is 0.469 e. The molecule has 8 heteroatoms. The maximum Gasteiger partial charge on any atom is 0.317 e. The number of fused-ring (bicyclic) bond motifs is 6. The number of esters is 1. The first-order valence-corrected chi connectivity index (χ1v) is 10.2. The number of thiazole rings is 1. The van der Waals surface area contributed by atoms with Crippen LogP contribution in [0.15, 0.2) is 58.3 Å². The van der Waals surface area contributed by atoms with Gasteiger partial charge >= 0.3 is 5.97 Å². The lowest BCUT2D eigenvalue weighted by atomic mass is 9.81. The van der Waals surface area contributed by atoms with Gasteiger partial charge in [-0.25, -0.2) is 9.38 Å². The molecule has 1 aromatic heterocycles. The molecule has 0 saturated carbocycles. The Labute approximate surface area is 174 Å². The summed E-state index contributed by atoms with van der Waals surface area (Å²) in [5, 5.41) is 0. The highest BCUT2D eigenvalue weighted by atomic mass is 32.1. The van der Waals surface area contributed by atoms with E-state index in [1.165, 1.54) is 30.6 Å². The number of ether oxygens (including phenoxy) is 2. The highest BCUT2D eigenvalue weighted by Crippen LogP contribution is 2.47. The first-order chi connectivity index (χ1) is 14.4. The van der Waals surface area contributed by atoms with Gasteiger partial charge in [-0.3, -0.25) is 14.2 Å². The Balaban J connectivity index is 1.79. The minimum Gasteiger partial charge on any atom is -0.469 e. The molecular formula is C22H17FN2O4S. The minimum absolute atomic E-state index is 0.263. The Bertz CT molecular complexity index is 1340. The summed E-state index contributed by atoms with van der Waals surface area (Å²) in [6.45, 7) is 1.73. The second kappa shape index (κ2) is 6.63. The van der Waals surface area contributed by atoms with Gasteiger partial charge in [-0.15, -0.1) is 0 Å². The van der Waals surface area contributed by atoms with E-state index in [2.05, 4.69) is 4.99 Å². The van der Waals surface area contributed by atoms with Gasteiger partial charge in [0.25, 0.3) is 5.56 Å². The summed E-state index contributed by atoms with van der Waals surface area (Å²) in [6, 6.07) is 12.6. The summed E-state index contributed by atoms with van der Waals surface area (Å²) in [5.41, 5.74) is -0.0326. The number of carbonyl (C=O) groups is 1. The molecule has 2 aliphatic rings. The molecule has 0 radical (unpaired) electrons. The number of methoxy groups -OCH3 is 1. The smallest absolute Gasteiger partial charge is 0.317 e. The Morgan fingerprint density at radius 2 is 2.00 bits per heavy atom. The van der Waals surface area contributed by atoms with Crippen LogP contribution in [0.25, 0.3) is 6.08 Å². The van der Waals surface area contributed by atoms with Crippen molar-refractivity contribution < 1.29 is 18.7 Å². The van der Waals surface area contributed by atoms with Gasteiger partial charge in [0.05, 0.1) is 17.7 Å².